The Labute approximate surface area is 151 Å². The van der Waals surface area contributed by atoms with Gasteiger partial charge in [-0.1, -0.05) is 47.2 Å². The Morgan fingerprint density at radius 3 is 2.68 bits per heavy atom. The van der Waals surface area contributed by atoms with E-state index in [4.69, 9.17) is 11.6 Å². The molecule has 0 aliphatic heterocycles. The van der Waals surface area contributed by atoms with Gasteiger partial charge in [0.25, 0.3) is 11.6 Å². The number of hydrogen-bond donors (Lipinski definition) is 1. The second-order valence-electron chi connectivity index (χ2n) is 5.05. The topological polar surface area (TPSA) is 98.0 Å². The lowest BCUT2D eigenvalue weighted by Gasteiger charge is -2.05. The van der Waals surface area contributed by atoms with Crippen LogP contribution in [0.15, 0.2) is 42.5 Å². The summed E-state index contributed by atoms with van der Waals surface area (Å²) in [5.74, 6) is -0.483. The predicted octanol–water partition coefficient (Wildman–Crippen LogP) is 4.33. The van der Waals surface area contributed by atoms with Crippen molar-refractivity contribution in [1.82, 2.24) is 10.2 Å². The number of nitrogens with zero attached hydrogens (tertiary/aromatic N) is 3. The average molecular weight is 375 g/mol. The Bertz CT molecular complexity index is 974. The third-order valence-electron chi connectivity index (χ3n) is 3.50. The van der Waals surface area contributed by atoms with Crippen LogP contribution in [0.1, 0.15) is 15.9 Å². The zero-order chi connectivity index (χ0) is 18.0. The van der Waals surface area contributed by atoms with Gasteiger partial charge in [0.05, 0.1) is 9.95 Å². The Kier molecular flexibility index (Phi) is 4.73. The van der Waals surface area contributed by atoms with Gasteiger partial charge in [0.2, 0.25) is 5.13 Å². The number of benzene rings is 2. The van der Waals surface area contributed by atoms with Crippen LogP contribution in [0.5, 0.6) is 0 Å². The van der Waals surface area contributed by atoms with E-state index in [0.717, 1.165) is 0 Å². The molecule has 25 heavy (non-hydrogen) atoms. The normalized spacial score (nSPS) is 10.5. The Morgan fingerprint density at radius 2 is 1.96 bits per heavy atom. The van der Waals surface area contributed by atoms with Gasteiger partial charge in [-0.15, -0.1) is 10.2 Å². The maximum atomic E-state index is 12.4. The van der Waals surface area contributed by atoms with Gasteiger partial charge in [-0.3, -0.25) is 20.2 Å². The average Bonchev–Trinajstić information content (AvgIpc) is 3.03. The smallest absolute Gasteiger partial charge is 0.273 e. The zero-order valence-corrected chi connectivity index (χ0v) is 14.5. The molecule has 0 atom stereocenters. The highest BCUT2D eigenvalue weighted by Gasteiger charge is 2.19. The van der Waals surface area contributed by atoms with Gasteiger partial charge in [-0.25, -0.2) is 0 Å². The molecule has 1 heterocycles. The van der Waals surface area contributed by atoms with E-state index >= 15 is 0 Å². The summed E-state index contributed by atoms with van der Waals surface area (Å²) in [6.07, 6.45) is 0. The maximum absolute atomic E-state index is 12.4. The second kappa shape index (κ2) is 6.96. The Morgan fingerprint density at radius 1 is 1.20 bits per heavy atom. The van der Waals surface area contributed by atoms with E-state index in [1.807, 2.05) is 6.07 Å². The lowest BCUT2D eigenvalue weighted by Crippen LogP contribution is -2.14. The van der Waals surface area contributed by atoms with Crippen molar-refractivity contribution in [2.45, 2.75) is 6.92 Å². The quantitative estimate of drug-likeness (QED) is 0.541. The van der Waals surface area contributed by atoms with Crippen LogP contribution < -0.4 is 5.32 Å². The SMILES string of the molecule is Cc1c(C(=O)Nc2nnc(-c3ccccc3Cl)s2)cccc1[N+](=O)[O-]. The predicted molar refractivity (Wildman–Crippen MR) is 96.1 cm³/mol. The van der Waals surface area contributed by atoms with Gasteiger partial charge in [-0.05, 0) is 19.1 Å². The number of nitro groups is 1. The van der Waals surface area contributed by atoms with Crippen molar-refractivity contribution in [2.75, 3.05) is 5.32 Å². The number of carbonyl (C=O) groups is 1. The van der Waals surface area contributed by atoms with Crippen molar-refractivity contribution in [3.05, 3.63) is 68.7 Å². The van der Waals surface area contributed by atoms with Crippen LogP contribution in [-0.4, -0.2) is 21.0 Å². The second-order valence-corrected chi connectivity index (χ2v) is 6.44. The molecule has 3 aromatic rings. The number of nitrogens with one attached hydrogen (secondary N) is 1. The van der Waals surface area contributed by atoms with Crippen molar-refractivity contribution in [1.29, 1.82) is 0 Å². The molecule has 1 aromatic heterocycles. The van der Waals surface area contributed by atoms with Crippen molar-refractivity contribution in [3.63, 3.8) is 0 Å². The van der Waals surface area contributed by atoms with E-state index in [1.165, 1.54) is 36.5 Å². The fourth-order valence-corrected chi connectivity index (χ4v) is 3.31. The molecule has 126 valence electrons. The fourth-order valence-electron chi connectivity index (χ4n) is 2.25. The van der Waals surface area contributed by atoms with Crippen LogP contribution in [0.2, 0.25) is 5.02 Å². The number of carbonyl (C=O) groups excluding carboxylic acids is 1. The number of amides is 1. The fraction of sp³-hybridized carbons (Fsp3) is 0.0625. The third-order valence-corrected chi connectivity index (χ3v) is 4.70. The van der Waals surface area contributed by atoms with E-state index in [1.54, 1.807) is 18.2 Å². The Balaban J connectivity index is 1.85. The highest BCUT2D eigenvalue weighted by atomic mass is 35.5. The minimum atomic E-state index is -0.521. The van der Waals surface area contributed by atoms with Crippen molar-refractivity contribution < 1.29 is 9.72 Å². The summed E-state index contributed by atoms with van der Waals surface area (Å²) in [4.78, 5) is 22.9. The van der Waals surface area contributed by atoms with Gasteiger partial charge < -0.3 is 0 Å². The maximum Gasteiger partial charge on any atom is 0.273 e. The summed E-state index contributed by atoms with van der Waals surface area (Å²) in [5, 5.41) is 22.9. The van der Waals surface area contributed by atoms with Crippen LogP contribution in [0.25, 0.3) is 10.6 Å². The molecule has 0 aliphatic carbocycles. The number of anilines is 1. The minimum Gasteiger partial charge on any atom is -0.296 e. The van der Waals surface area contributed by atoms with E-state index < -0.39 is 10.8 Å². The molecule has 7 nitrogen and oxygen atoms in total. The molecular formula is C16H11ClN4O3S. The molecule has 2 aromatic carbocycles. The minimum absolute atomic E-state index is 0.110. The number of nitro benzene ring substituents is 1. The summed E-state index contributed by atoms with van der Waals surface area (Å²) in [7, 11) is 0. The molecule has 0 radical (unpaired) electrons. The van der Waals surface area contributed by atoms with E-state index in [2.05, 4.69) is 15.5 Å². The van der Waals surface area contributed by atoms with Gasteiger partial charge in [0.1, 0.15) is 0 Å². The molecule has 0 unspecified atom stereocenters. The molecule has 0 saturated carbocycles. The van der Waals surface area contributed by atoms with E-state index in [0.29, 0.717) is 21.2 Å². The summed E-state index contributed by atoms with van der Waals surface area (Å²) >= 11 is 7.29. The number of halogens is 1. The van der Waals surface area contributed by atoms with Crippen molar-refractivity contribution in [3.8, 4) is 10.6 Å². The first-order chi connectivity index (χ1) is 12.0. The van der Waals surface area contributed by atoms with Crippen molar-refractivity contribution >= 4 is 39.7 Å². The molecular weight excluding hydrogens is 364 g/mol. The lowest BCUT2D eigenvalue weighted by molar-refractivity contribution is -0.385. The van der Waals surface area contributed by atoms with Gasteiger partial charge in [0.15, 0.2) is 5.01 Å². The zero-order valence-electron chi connectivity index (χ0n) is 12.9. The van der Waals surface area contributed by atoms with Gasteiger partial charge in [0, 0.05) is 22.8 Å². The van der Waals surface area contributed by atoms with E-state index in [-0.39, 0.29) is 16.4 Å². The van der Waals surface area contributed by atoms with Crippen LogP contribution in [0, 0.1) is 17.0 Å². The molecule has 0 bridgehead atoms. The number of aromatic nitrogens is 2. The van der Waals surface area contributed by atoms with Gasteiger partial charge in [-0.2, -0.15) is 0 Å². The summed E-state index contributed by atoms with van der Waals surface area (Å²) in [5.41, 5.74) is 1.11. The summed E-state index contributed by atoms with van der Waals surface area (Å²) in [6, 6.07) is 11.5. The first kappa shape index (κ1) is 17.0. The molecule has 1 amide bonds. The van der Waals surface area contributed by atoms with Crippen LogP contribution in [0.3, 0.4) is 0 Å². The van der Waals surface area contributed by atoms with Crippen molar-refractivity contribution in [2.24, 2.45) is 0 Å². The molecule has 0 spiro atoms. The highest BCUT2D eigenvalue weighted by molar-refractivity contribution is 7.18. The van der Waals surface area contributed by atoms with Crippen LogP contribution >= 0.6 is 22.9 Å². The molecule has 0 aliphatic rings. The first-order valence-electron chi connectivity index (χ1n) is 7.11. The highest BCUT2D eigenvalue weighted by Crippen LogP contribution is 2.32. The largest absolute Gasteiger partial charge is 0.296 e. The molecule has 9 heteroatoms. The monoisotopic (exact) mass is 374 g/mol. The third kappa shape index (κ3) is 3.49. The number of hydrogen-bond acceptors (Lipinski definition) is 6. The molecule has 3 rings (SSSR count). The van der Waals surface area contributed by atoms with Gasteiger partial charge >= 0.3 is 0 Å². The van der Waals surface area contributed by atoms with Crippen LogP contribution in [-0.2, 0) is 0 Å². The summed E-state index contributed by atoms with van der Waals surface area (Å²) < 4.78 is 0. The lowest BCUT2D eigenvalue weighted by atomic mass is 10.1. The first-order valence-corrected chi connectivity index (χ1v) is 8.30. The standard InChI is InChI=1S/C16H11ClN4O3S/c1-9-10(6-4-8-13(9)21(23)24)14(22)18-16-20-19-15(25-16)11-5-2-3-7-12(11)17/h2-8H,1H3,(H,18,20,22). The molecule has 1 N–H and O–H groups in total. The Hall–Kier alpha value is -2.84. The van der Waals surface area contributed by atoms with E-state index in [9.17, 15) is 14.9 Å². The molecule has 0 fully saturated rings. The number of rotatable bonds is 4. The van der Waals surface area contributed by atoms with Crippen LogP contribution in [0.4, 0.5) is 10.8 Å². The summed E-state index contributed by atoms with van der Waals surface area (Å²) in [6.45, 7) is 1.53. The molecule has 0 saturated heterocycles.